The van der Waals surface area contributed by atoms with Crippen LogP contribution in [0.3, 0.4) is 0 Å². The van der Waals surface area contributed by atoms with Crippen molar-refractivity contribution in [3.05, 3.63) is 101 Å². The van der Waals surface area contributed by atoms with Gasteiger partial charge in [-0.25, -0.2) is 0 Å². The Hall–Kier alpha value is -2.34. The van der Waals surface area contributed by atoms with Crippen molar-refractivity contribution in [3.63, 3.8) is 0 Å². The van der Waals surface area contributed by atoms with Gasteiger partial charge in [0.1, 0.15) is 0 Å². The van der Waals surface area contributed by atoms with Gasteiger partial charge in [0, 0.05) is 11.8 Å². The quantitative estimate of drug-likeness (QED) is 0.660. The van der Waals surface area contributed by atoms with Crippen molar-refractivity contribution in [1.82, 2.24) is 0 Å². The zero-order valence-corrected chi connectivity index (χ0v) is 12.9. The molecule has 2 aliphatic carbocycles. The Labute approximate surface area is 132 Å². The normalized spacial score (nSPS) is 23.0. The van der Waals surface area contributed by atoms with Crippen LogP contribution >= 0.6 is 0 Å². The summed E-state index contributed by atoms with van der Waals surface area (Å²) in [5.41, 5.74) is 7.25. The molecule has 0 saturated carbocycles. The average Bonchev–Trinajstić information content (AvgIpc) is 3.01. The number of allylic oxidation sites excluding steroid dienone is 5. The highest BCUT2D eigenvalue weighted by atomic mass is 14.3. The molecule has 0 aliphatic heterocycles. The third kappa shape index (κ3) is 2.25. The second-order valence-corrected chi connectivity index (χ2v) is 6.29. The van der Waals surface area contributed by atoms with Gasteiger partial charge >= 0.3 is 0 Å². The van der Waals surface area contributed by atoms with E-state index in [2.05, 4.69) is 85.8 Å². The lowest BCUT2D eigenvalue weighted by atomic mass is 9.75. The van der Waals surface area contributed by atoms with Gasteiger partial charge < -0.3 is 0 Å². The minimum Gasteiger partial charge on any atom is -0.0733 e. The van der Waals surface area contributed by atoms with E-state index in [4.69, 9.17) is 0 Å². The van der Waals surface area contributed by atoms with Gasteiger partial charge in [0.05, 0.1) is 0 Å². The first-order valence-electron chi connectivity index (χ1n) is 8.02. The van der Waals surface area contributed by atoms with Gasteiger partial charge in [-0.1, -0.05) is 90.0 Å². The van der Waals surface area contributed by atoms with E-state index in [0.29, 0.717) is 11.8 Å². The number of benzene rings is 2. The Morgan fingerprint density at radius 1 is 0.909 bits per heavy atom. The standard InChI is InChI=1S/C22H20/c1-16-8-7-13-20(16)19-14-18-11-5-6-12-21(18)22(15-19)17-9-3-2-4-10-17/h2-14,20,22H,15H2,1H3. The molecule has 0 heteroatoms. The van der Waals surface area contributed by atoms with Crippen LogP contribution in [-0.4, -0.2) is 0 Å². The largest absolute Gasteiger partial charge is 0.0733 e. The van der Waals surface area contributed by atoms with Crippen molar-refractivity contribution in [1.29, 1.82) is 0 Å². The molecule has 0 heterocycles. The van der Waals surface area contributed by atoms with Crippen LogP contribution in [0.4, 0.5) is 0 Å². The van der Waals surface area contributed by atoms with Crippen molar-refractivity contribution < 1.29 is 0 Å². The summed E-state index contributed by atoms with van der Waals surface area (Å²) in [5.74, 6) is 0.957. The monoisotopic (exact) mass is 284 g/mol. The molecule has 2 aromatic carbocycles. The second-order valence-electron chi connectivity index (χ2n) is 6.29. The molecule has 0 amide bonds. The van der Waals surface area contributed by atoms with Crippen molar-refractivity contribution >= 4 is 6.08 Å². The third-order valence-electron chi connectivity index (χ3n) is 4.91. The van der Waals surface area contributed by atoms with E-state index in [1.165, 1.54) is 27.8 Å². The van der Waals surface area contributed by atoms with Crippen LogP contribution in [0.25, 0.3) is 6.08 Å². The van der Waals surface area contributed by atoms with Gasteiger partial charge in [0.2, 0.25) is 0 Å². The van der Waals surface area contributed by atoms with Gasteiger partial charge in [-0.3, -0.25) is 0 Å². The smallest absolute Gasteiger partial charge is 0.0194 e. The van der Waals surface area contributed by atoms with E-state index in [9.17, 15) is 0 Å². The highest BCUT2D eigenvalue weighted by molar-refractivity contribution is 5.65. The summed E-state index contributed by atoms with van der Waals surface area (Å²) < 4.78 is 0. The minimum absolute atomic E-state index is 0.471. The summed E-state index contributed by atoms with van der Waals surface area (Å²) in [7, 11) is 0. The summed E-state index contributed by atoms with van der Waals surface area (Å²) >= 11 is 0. The van der Waals surface area contributed by atoms with Crippen molar-refractivity contribution in [2.24, 2.45) is 5.92 Å². The van der Waals surface area contributed by atoms with E-state index < -0.39 is 0 Å². The molecule has 0 N–H and O–H groups in total. The highest BCUT2D eigenvalue weighted by Gasteiger charge is 2.26. The Bertz CT molecular complexity index is 775. The van der Waals surface area contributed by atoms with Crippen LogP contribution in [0, 0.1) is 5.92 Å². The predicted octanol–water partition coefficient (Wildman–Crippen LogP) is 5.74. The molecule has 0 nitrogen and oxygen atoms in total. The summed E-state index contributed by atoms with van der Waals surface area (Å²) in [4.78, 5) is 0. The van der Waals surface area contributed by atoms with Gasteiger partial charge in [0.15, 0.2) is 0 Å². The SMILES string of the molecule is CC1=CC=CC1C1=Cc2ccccc2C(c2ccccc2)C1. The maximum atomic E-state index is 2.41. The van der Waals surface area contributed by atoms with Crippen LogP contribution < -0.4 is 0 Å². The third-order valence-corrected chi connectivity index (χ3v) is 4.91. The molecule has 2 aromatic rings. The lowest BCUT2D eigenvalue weighted by Crippen LogP contribution is -2.13. The number of hydrogen-bond donors (Lipinski definition) is 0. The number of hydrogen-bond acceptors (Lipinski definition) is 0. The van der Waals surface area contributed by atoms with E-state index >= 15 is 0 Å². The molecule has 2 aliphatic rings. The predicted molar refractivity (Wildman–Crippen MR) is 93.7 cm³/mol. The second kappa shape index (κ2) is 5.46. The molecule has 0 fully saturated rings. The fraction of sp³-hybridized carbons (Fsp3) is 0.182. The molecule has 0 radical (unpaired) electrons. The zero-order valence-electron chi connectivity index (χ0n) is 12.9. The molecule has 0 spiro atoms. The summed E-state index contributed by atoms with van der Waals surface area (Å²) in [5, 5.41) is 0. The van der Waals surface area contributed by atoms with Crippen LogP contribution in [-0.2, 0) is 0 Å². The Kier molecular flexibility index (Phi) is 3.31. The zero-order chi connectivity index (χ0) is 14.9. The molecule has 2 atom stereocenters. The Balaban J connectivity index is 1.80. The Morgan fingerprint density at radius 2 is 1.68 bits per heavy atom. The van der Waals surface area contributed by atoms with Crippen molar-refractivity contribution in [2.75, 3.05) is 0 Å². The molecule has 2 unspecified atom stereocenters. The molecule has 0 saturated heterocycles. The maximum absolute atomic E-state index is 2.41. The molecule has 108 valence electrons. The van der Waals surface area contributed by atoms with Crippen molar-refractivity contribution in [3.8, 4) is 0 Å². The van der Waals surface area contributed by atoms with Gasteiger partial charge in [-0.05, 0) is 30.0 Å². The lowest BCUT2D eigenvalue weighted by molar-refractivity contribution is 0.723. The molecular weight excluding hydrogens is 264 g/mol. The van der Waals surface area contributed by atoms with Crippen LogP contribution in [0.15, 0.2) is 84.0 Å². The molecular formula is C22H20. The first-order valence-corrected chi connectivity index (χ1v) is 8.02. The summed E-state index contributed by atoms with van der Waals surface area (Å²) in [6.45, 7) is 2.24. The lowest BCUT2D eigenvalue weighted by Gasteiger charge is -2.29. The molecule has 0 bridgehead atoms. The van der Waals surface area contributed by atoms with Crippen LogP contribution in [0.1, 0.15) is 36.0 Å². The maximum Gasteiger partial charge on any atom is 0.0194 e. The van der Waals surface area contributed by atoms with E-state index in [1.54, 1.807) is 0 Å². The van der Waals surface area contributed by atoms with Crippen LogP contribution in [0.2, 0.25) is 0 Å². The van der Waals surface area contributed by atoms with Gasteiger partial charge in [0.25, 0.3) is 0 Å². The first kappa shape index (κ1) is 13.3. The van der Waals surface area contributed by atoms with E-state index in [1.807, 2.05) is 0 Å². The molecule has 0 aromatic heterocycles. The topological polar surface area (TPSA) is 0 Å². The number of rotatable bonds is 2. The van der Waals surface area contributed by atoms with Gasteiger partial charge in [-0.2, -0.15) is 0 Å². The van der Waals surface area contributed by atoms with Crippen LogP contribution in [0.5, 0.6) is 0 Å². The summed E-state index contributed by atoms with van der Waals surface area (Å²) in [6, 6.07) is 19.8. The number of fused-ring (bicyclic) bond motifs is 1. The summed E-state index contributed by atoms with van der Waals surface area (Å²) in [6.07, 6.45) is 10.3. The van der Waals surface area contributed by atoms with Crippen molar-refractivity contribution in [2.45, 2.75) is 19.3 Å². The first-order chi connectivity index (χ1) is 10.8. The fourth-order valence-corrected chi connectivity index (χ4v) is 3.75. The fourth-order valence-electron chi connectivity index (χ4n) is 3.75. The highest BCUT2D eigenvalue weighted by Crippen LogP contribution is 2.43. The average molecular weight is 284 g/mol. The minimum atomic E-state index is 0.471. The van der Waals surface area contributed by atoms with Gasteiger partial charge in [-0.15, -0.1) is 0 Å². The molecule has 4 rings (SSSR count). The van der Waals surface area contributed by atoms with E-state index in [-0.39, 0.29) is 0 Å². The molecule has 22 heavy (non-hydrogen) atoms. The Morgan fingerprint density at radius 3 is 2.45 bits per heavy atom. The van der Waals surface area contributed by atoms with E-state index in [0.717, 1.165) is 6.42 Å².